The second-order valence-electron chi connectivity index (χ2n) is 5.69. The Morgan fingerprint density at radius 1 is 1.05 bits per heavy atom. The van der Waals surface area contributed by atoms with Crippen molar-refractivity contribution < 1.29 is 4.79 Å². The molecule has 0 aliphatic heterocycles. The maximum absolute atomic E-state index is 12.2. The maximum atomic E-state index is 12.2. The van der Waals surface area contributed by atoms with Gasteiger partial charge >= 0.3 is 0 Å². The lowest BCUT2D eigenvalue weighted by molar-refractivity contribution is -0.120. The number of hydrogen-bond acceptors (Lipinski definition) is 3. The van der Waals surface area contributed by atoms with Gasteiger partial charge in [0.05, 0.1) is 5.54 Å². The molecule has 2 rings (SSSR count). The van der Waals surface area contributed by atoms with Crippen LogP contribution >= 0.6 is 0 Å². The van der Waals surface area contributed by atoms with Crippen molar-refractivity contribution in [2.45, 2.75) is 32.2 Å². The lowest BCUT2D eigenvalue weighted by atomic mass is 9.96. The van der Waals surface area contributed by atoms with E-state index in [-0.39, 0.29) is 5.91 Å². The summed E-state index contributed by atoms with van der Waals surface area (Å²) in [4.78, 5) is 12.2. The zero-order valence-electron chi connectivity index (χ0n) is 13.1. The molecule has 1 amide bonds. The predicted molar refractivity (Wildman–Crippen MR) is 92.3 cm³/mol. The van der Waals surface area contributed by atoms with Crippen LogP contribution in [0.15, 0.2) is 54.6 Å². The van der Waals surface area contributed by atoms with Crippen molar-refractivity contribution in [3.63, 3.8) is 0 Å². The van der Waals surface area contributed by atoms with Crippen LogP contribution in [0.25, 0.3) is 0 Å². The van der Waals surface area contributed by atoms with E-state index in [2.05, 4.69) is 10.6 Å². The molecule has 0 aliphatic carbocycles. The van der Waals surface area contributed by atoms with Crippen LogP contribution in [-0.2, 0) is 4.79 Å². The molecule has 4 N–H and O–H groups in total. The van der Waals surface area contributed by atoms with Gasteiger partial charge in [0, 0.05) is 17.1 Å². The second kappa shape index (κ2) is 7.09. The zero-order chi connectivity index (χ0) is 16.0. The fourth-order valence-electron chi connectivity index (χ4n) is 2.27. The first kappa shape index (κ1) is 16.0. The van der Waals surface area contributed by atoms with Crippen molar-refractivity contribution in [3.8, 4) is 0 Å². The van der Waals surface area contributed by atoms with Gasteiger partial charge in [0.2, 0.25) is 5.91 Å². The number of benzene rings is 2. The average molecular weight is 297 g/mol. The summed E-state index contributed by atoms with van der Waals surface area (Å²) in [5.74, 6) is -0.161. The van der Waals surface area contributed by atoms with Crippen molar-refractivity contribution in [1.29, 1.82) is 0 Å². The Labute approximate surface area is 131 Å². The van der Waals surface area contributed by atoms with Crippen molar-refractivity contribution in [2.24, 2.45) is 5.73 Å². The highest BCUT2D eigenvalue weighted by atomic mass is 16.2. The molecule has 22 heavy (non-hydrogen) atoms. The lowest BCUT2D eigenvalue weighted by Gasteiger charge is -2.23. The molecule has 0 radical (unpaired) electrons. The van der Waals surface area contributed by atoms with E-state index in [9.17, 15) is 4.79 Å². The van der Waals surface area contributed by atoms with Gasteiger partial charge in [-0.25, -0.2) is 0 Å². The summed E-state index contributed by atoms with van der Waals surface area (Å²) in [6.45, 7) is 3.78. The van der Waals surface area contributed by atoms with Gasteiger partial charge in [-0.3, -0.25) is 4.79 Å². The molecule has 0 aromatic heterocycles. The second-order valence-corrected chi connectivity index (χ2v) is 5.69. The number of amides is 1. The number of nitrogens with one attached hydrogen (secondary N) is 2. The quantitative estimate of drug-likeness (QED) is 0.758. The largest absolute Gasteiger partial charge is 0.355 e. The number of nitrogens with two attached hydrogens (primary N) is 1. The molecule has 2 aromatic rings. The van der Waals surface area contributed by atoms with E-state index in [1.54, 1.807) is 6.92 Å². The molecule has 0 saturated carbocycles. The number of hydrogen-bond donors (Lipinski definition) is 3. The first-order valence-electron chi connectivity index (χ1n) is 7.54. The predicted octanol–water partition coefficient (Wildman–Crippen LogP) is 3.89. The van der Waals surface area contributed by atoms with Gasteiger partial charge in [-0.2, -0.15) is 0 Å². The minimum atomic E-state index is -0.850. The minimum Gasteiger partial charge on any atom is -0.355 e. The molecule has 1 atom stereocenters. The van der Waals surface area contributed by atoms with E-state index in [1.165, 1.54) is 0 Å². The third kappa shape index (κ3) is 4.33. The van der Waals surface area contributed by atoms with E-state index >= 15 is 0 Å². The minimum absolute atomic E-state index is 0.161. The van der Waals surface area contributed by atoms with Gasteiger partial charge in [0.15, 0.2) is 0 Å². The van der Waals surface area contributed by atoms with Gasteiger partial charge in [-0.15, -0.1) is 0 Å². The van der Waals surface area contributed by atoms with Crippen molar-refractivity contribution in [2.75, 3.05) is 10.6 Å². The first-order valence-corrected chi connectivity index (χ1v) is 7.54. The monoisotopic (exact) mass is 297 g/mol. The average Bonchev–Trinajstić information content (AvgIpc) is 2.48. The summed E-state index contributed by atoms with van der Waals surface area (Å²) < 4.78 is 0. The van der Waals surface area contributed by atoms with Gasteiger partial charge in [-0.05, 0) is 43.7 Å². The Morgan fingerprint density at radius 3 is 2.36 bits per heavy atom. The molecular formula is C18H23N3O. The highest BCUT2D eigenvalue weighted by molar-refractivity contribution is 5.98. The number of para-hydroxylation sites is 1. The standard InChI is InChI=1S/C18H23N3O/c1-3-12-18(2,19)17(22)21-16-11-7-10-15(13-16)20-14-8-5-4-6-9-14/h4-11,13,20H,3,12,19H2,1-2H3,(H,21,22). The molecular weight excluding hydrogens is 274 g/mol. The van der Waals surface area contributed by atoms with Crippen LogP contribution in [0.4, 0.5) is 17.1 Å². The summed E-state index contributed by atoms with van der Waals surface area (Å²) in [5.41, 5.74) is 7.85. The number of carbonyl (C=O) groups excluding carboxylic acids is 1. The Hall–Kier alpha value is -2.33. The maximum Gasteiger partial charge on any atom is 0.244 e. The van der Waals surface area contributed by atoms with Crippen LogP contribution in [0.2, 0.25) is 0 Å². The molecule has 2 aromatic carbocycles. The Bertz CT molecular complexity index is 623. The van der Waals surface area contributed by atoms with Gasteiger partial charge in [0.25, 0.3) is 0 Å². The molecule has 1 unspecified atom stereocenters. The van der Waals surface area contributed by atoms with Gasteiger partial charge in [-0.1, -0.05) is 37.6 Å². The number of anilines is 3. The highest BCUT2D eigenvalue weighted by Crippen LogP contribution is 2.21. The van der Waals surface area contributed by atoms with E-state index < -0.39 is 5.54 Å². The molecule has 0 saturated heterocycles. The third-order valence-electron chi connectivity index (χ3n) is 3.47. The van der Waals surface area contributed by atoms with Crippen LogP contribution in [0, 0.1) is 0 Å². The SMILES string of the molecule is CCCC(C)(N)C(=O)Nc1cccc(Nc2ccccc2)c1. The van der Waals surface area contributed by atoms with Gasteiger partial charge < -0.3 is 16.4 Å². The number of rotatable bonds is 6. The van der Waals surface area contributed by atoms with Crippen LogP contribution < -0.4 is 16.4 Å². The fourth-order valence-corrected chi connectivity index (χ4v) is 2.27. The van der Waals surface area contributed by atoms with Crippen LogP contribution in [0.1, 0.15) is 26.7 Å². The van der Waals surface area contributed by atoms with Gasteiger partial charge in [0.1, 0.15) is 0 Å². The van der Waals surface area contributed by atoms with Crippen molar-refractivity contribution in [1.82, 2.24) is 0 Å². The molecule has 0 heterocycles. The van der Waals surface area contributed by atoms with E-state index in [4.69, 9.17) is 5.73 Å². The normalized spacial score (nSPS) is 13.2. The van der Waals surface area contributed by atoms with Crippen LogP contribution in [0.5, 0.6) is 0 Å². The summed E-state index contributed by atoms with van der Waals surface area (Å²) in [5, 5.41) is 6.19. The van der Waals surface area contributed by atoms with E-state index in [1.807, 2.05) is 61.5 Å². The molecule has 0 spiro atoms. The van der Waals surface area contributed by atoms with E-state index in [0.717, 1.165) is 23.5 Å². The summed E-state index contributed by atoms with van der Waals surface area (Å²) in [6.07, 6.45) is 1.52. The molecule has 116 valence electrons. The Kier molecular flexibility index (Phi) is 5.17. The number of carbonyl (C=O) groups is 1. The van der Waals surface area contributed by atoms with E-state index in [0.29, 0.717) is 6.42 Å². The fraction of sp³-hybridized carbons (Fsp3) is 0.278. The smallest absolute Gasteiger partial charge is 0.244 e. The summed E-state index contributed by atoms with van der Waals surface area (Å²) in [6, 6.07) is 17.5. The molecule has 4 heteroatoms. The molecule has 0 fully saturated rings. The zero-order valence-corrected chi connectivity index (χ0v) is 13.1. The highest BCUT2D eigenvalue weighted by Gasteiger charge is 2.27. The topological polar surface area (TPSA) is 67.2 Å². The summed E-state index contributed by atoms with van der Waals surface area (Å²) >= 11 is 0. The van der Waals surface area contributed by atoms with Crippen molar-refractivity contribution >= 4 is 23.0 Å². The lowest BCUT2D eigenvalue weighted by Crippen LogP contribution is -2.48. The first-order chi connectivity index (χ1) is 10.5. The van der Waals surface area contributed by atoms with Crippen LogP contribution in [-0.4, -0.2) is 11.4 Å². The third-order valence-corrected chi connectivity index (χ3v) is 3.47. The van der Waals surface area contributed by atoms with Crippen molar-refractivity contribution in [3.05, 3.63) is 54.6 Å². The summed E-state index contributed by atoms with van der Waals surface area (Å²) in [7, 11) is 0. The molecule has 0 bridgehead atoms. The Morgan fingerprint density at radius 2 is 1.68 bits per heavy atom. The Balaban J connectivity index is 2.07. The van der Waals surface area contributed by atoms with Crippen LogP contribution in [0.3, 0.4) is 0 Å². The molecule has 4 nitrogen and oxygen atoms in total. The molecule has 0 aliphatic rings.